The lowest BCUT2D eigenvalue weighted by molar-refractivity contribution is 0.406. The van der Waals surface area contributed by atoms with E-state index in [1.165, 1.54) is 6.26 Å². The third-order valence-electron chi connectivity index (χ3n) is 0.509. The SMILES string of the molecule is Oc1conc1I. The van der Waals surface area contributed by atoms with Crippen LogP contribution in [0.25, 0.3) is 0 Å². The van der Waals surface area contributed by atoms with E-state index in [0.717, 1.165) is 0 Å². The van der Waals surface area contributed by atoms with Crippen LogP contribution >= 0.6 is 22.6 Å². The fraction of sp³-hybridized carbons (Fsp3) is 0. The van der Waals surface area contributed by atoms with Crippen LogP contribution in [0, 0.1) is 3.70 Å². The van der Waals surface area contributed by atoms with Crippen LogP contribution < -0.4 is 0 Å². The lowest BCUT2D eigenvalue weighted by Gasteiger charge is -1.72. The second kappa shape index (κ2) is 1.69. The van der Waals surface area contributed by atoms with Gasteiger partial charge in [0.25, 0.3) is 0 Å². The van der Waals surface area contributed by atoms with Crippen molar-refractivity contribution in [2.45, 2.75) is 0 Å². The molecule has 0 saturated carbocycles. The van der Waals surface area contributed by atoms with E-state index < -0.39 is 0 Å². The first-order chi connectivity index (χ1) is 3.30. The largest absolute Gasteiger partial charge is 0.503 e. The molecule has 4 heteroatoms. The molecule has 1 aromatic rings. The summed E-state index contributed by atoms with van der Waals surface area (Å²) in [6, 6.07) is 0. The van der Waals surface area contributed by atoms with Crippen LogP contribution in [0.4, 0.5) is 0 Å². The predicted octanol–water partition coefficient (Wildman–Crippen LogP) is 0.985. The van der Waals surface area contributed by atoms with Crippen molar-refractivity contribution < 1.29 is 9.63 Å². The molecule has 1 heterocycles. The van der Waals surface area contributed by atoms with Gasteiger partial charge >= 0.3 is 0 Å². The van der Waals surface area contributed by atoms with E-state index in [0.29, 0.717) is 3.70 Å². The molecule has 0 aliphatic carbocycles. The molecule has 0 spiro atoms. The summed E-state index contributed by atoms with van der Waals surface area (Å²) in [7, 11) is 0. The first-order valence-electron chi connectivity index (χ1n) is 1.59. The van der Waals surface area contributed by atoms with Crippen molar-refractivity contribution in [3.8, 4) is 5.75 Å². The van der Waals surface area contributed by atoms with Crippen LogP contribution in [-0.4, -0.2) is 10.3 Å². The van der Waals surface area contributed by atoms with Crippen LogP contribution in [0.15, 0.2) is 10.8 Å². The Morgan fingerprint density at radius 1 is 1.86 bits per heavy atom. The van der Waals surface area contributed by atoms with Crippen molar-refractivity contribution in [3.05, 3.63) is 9.96 Å². The van der Waals surface area contributed by atoms with Gasteiger partial charge in [-0.25, -0.2) is 0 Å². The molecule has 0 aliphatic heterocycles. The normalized spacial score (nSPS) is 9.29. The number of aromatic nitrogens is 1. The van der Waals surface area contributed by atoms with Crippen LogP contribution in [0.5, 0.6) is 5.75 Å². The molecule has 3 nitrogen and oxygen atoms in total. The third kappa shape index (κ3) is 0.846. The quantitative estimate of drug-likeness (QED) is 0.650. The highest BCUT2D eigenvalue weighted by atomic mass is 127. The molecule has 0 saturated heterocycles. The molecular formula is C3H2INO2. The summed E-state index contributed by atoms with van der Waals surface area (Å²) in [5.41, 5.74) is 0. The Bertz CT molecular complexity index is 145. The van der Waals surface area contributed by atoms with Gasteiger partial charge in [-0.05, 0) is 22.6 Å². The van der Waals surface area contributed by atoms with E-state index >= 15 is 0 Å². The molecule has 0 bridgehead atoms. The second-order valence-electron chi connectivity index (χ2n) is 0.991. The second-order valence-corrected chi connectivity index (χ2v) is 2.01. The Labute approximate surface area is 53.5 Å². The number of aromatic hydroxyl groups is 1. The minimum absolute atomic E-state index is 0.0978. The van der Waals surface area contributed by atoms with Gasteiger partial charge in [-0.2, -0.15) is 0 Å². The maximum absolute atomic E-state index is 8.60. The highest BCUT2D eigenvalue weighted by Crippen LogP contribution is 2.14. The average molecular weight is 211 g/mol. The highest BCUT2D eigenvalue weighted by molar-refractivity contribution is 14.1. The molecule has 0 atom stereocenters. The molecule has 0 aliphatic rings. The van der Waals surface area contributed by atoms with E-state index in [9.17, 15) is 0 Å². The molecule has 0 radical (unpaired) electrons. The van der Waals surface area contributed by atoms with Crippen molar-refractivity contribution in [2.75, 3.05) is 0 Å². The van der Waals surface area contributed by atoms with Crippen molar-refractivity contribution >= 4 is 22.6 Å². The molecule has 0 fully saturated rings. The lowest BCUT2D eigenvalue weighted by atomic mass is 10.7. The Morgan fingerprint density at radius 3 is 2.71 bits per heavy atom. The molecule has 0 amide bonds. The van der Waals surface area contributed by atoms with Crippen molar-refractivity contribution in [3.63, 3.8) is 0 Å². The number of rotatable bonds is 0. The topological polar surface area (TPSA) is 46.3 Å². The van der Waals surface area contributed by atoms with Gasteiger partial charge in [-0.1, -0.05) is 5.16 Å². The Hall–Kier alpha value is -0.260. The summed E-state index contributed by atoms with van der Waals surface area (Å²) >= 11 is 1.86. The van der Waals surface area contributed by atoms with E-state index in [2.05, 4.69) is 9.68 Å². The third-order valence-corrected chi connectivity index (χ3v) is 1.26. The fourth-order valence-corrected chi connectivity index (χ4v) is 0.459. The number of nitrogens with zero attached hydrogens (tertiary/aromatic N) is 1. The van der Waals surface area contributed by atoms with Gasteiger partial charge in [-0.3, -0.25) is 0 Å². The zero-order valence-electron chi connectivity index (χ0n) is 3.26. The van der Waals surface area contributed by atoms with Gasteiger partial charge in [-0.15, -0.1) is 0 Å². The summed E-state index contributed by atoms with van der Waals surface area (Å²) in [6.45, 7) is 0. The molecule has 1 rings (SSSR count). The lowest BCUT2D eigenvalue weighted by Crippen LogP contribution is -1.62. The Kier molecular flexibility index (Phi) is 1.18. The summed E-state index contributed by atoms with van der Waals surface area (Å²) in [5.74, 6) is 0.0978. The zero-order valence-corrected chi connectivity index (χ0v) is 5.42. The molecule has 1 N–H and O–H groups in total. The molecule has 1 aromatic heterocycles. The molecular weight excluding hydrogens is 209 g/mol. The molecule has 38 valence electrons. The van der Waals surface area contributed by atoms with E-state index in [1.807, 2.05) is 22.6 Å². The first kappa shape index (κ1) is 4.89. The van der Waals surface area contributed by atoms with Gasteiger partial charge in [0, 0.05) is 0 Å². The van der Waals surface area contributed by atoms with Crippen molar-refractivity contribution in [1.82, 2.24) is 5.16 Å². The van der Waals surface area contributed by atoms with Crippen LogP contribution in [0.1, 0.15) is 0 Å². The van der Waals surface area contributed by atoms with Gasteiger partial charge in [0.05, 0.1) is 0 Å². The number of halogens is 1. The van der Waals surface area contributed by atoms with Crippen molar-refractivity contribution in [1.29, 1.82) is 0 Å². The summed E-state index contributed by atoms with van der Waals surface area (Å²) in [4.78, 5) is 0. The summed E-state index contributed by atoms with van der Waals surface area (Å²) < 4.78 is 4.84. The maximum atomic E-state index is 8.60. The van der Waals surface area contributed by atoms with E-state index in [1.54, 1.807) is 0 Å². The minimum atomic E-state index is 0.0978. The molecule has 7 heavy (non-hydrogen) atoms. The van der Waals surface area contributed by atoms with Crippen LogP contribution in [-0.2, 0) is 0 Å². The Balaban J connectivity index is 3.12. The van der Waals surface area contributed by atoms with Gasteiger partial charge in [0.1, 0.15) is 0 Å². The summed E-state index contributed by atoms with van der Waals surface area (Å²) in [6.07, 6.45) is 1.18. The van der Waals surface area contributed by atoms with Gasteiger partial charge < -0.3 is 9.63 Å². The van der Waals surface area contributed by atoms with Crippen LogP contribution in [0.3, 0.4) is 0 Å². The van der Waals surface area contributed by atoms with E-state index in [4.69, 9.17) is 5.11 Å². The van der Waals surface area contributed by atoms with Gasteiger partial charge in [0.15, 0.2) is 15.7 Å². The van der Waals surface area contributed by atoms with Crippen molar-refractivity contribution in [2.24, 2.45) is 0 Å². The zero-order chi connectivity index (χ0) is 5.28. The monoisotopic (exact) mass is 211 g/mol. The van der Waals surface area contributed by atoms with E-state index in [-0.39, 0.29) is 5.75 Å². The minimum Gasteiger partial charge on any atom is -0.503 e. The first-order valence-corrected chi connectivity index (χ1v) is 2.67. The summed E-state index contributed by atoms with van der Waals surface area (Å²) in [5, 5.41) is 12.0. The van der Waals surface area contributed by atoms with Gasteiger partial charge in [0.2, 0.25) is 0 Å². The predicted molar refractivity (Wildman–Crippen MR) is 30.9 cm³/mol. The number of hydrogen-bond acceptors (Lipinski definition) is 3. The standard InChI is InChI=1S/C3H2INO2/c4-3-2(6)1-7-5-3/h1,6H. The fourth-order valence-electron chi connectivity index (χ4n) is 0.218. The maximum Gasteiger partial charge on any atom is 0.189 e. The average Bonchev–Trinajstić information content (AvgIpc) is 1.91. The highest BCUT2D eigenvalue weighted by Gasteiger charge is 1.96. The molecule has 0 unspecified atom stereocenters. The molecule has 0 aromatic carbocycles. The van der Waals surface area contributed by atoms with Crippen LogP contribution in [0.2, 0.25) is 0 Å². The smallest absolute Gasteiger partial charge is 0.189 e. The number of hydrogen-bond donors (Lipinski definition) is 1. The Morgan fingerprint density at radius 2 is 2.57 bits per heavy atom.